The fourth-order valence-electron chi connectivity index (χ4n) is 4.85. The number of hydrogen-bond donors (Lipinski definition) is 0. The standard InChI is InChI=1S/C27H28N6O/c34-27(21-10-7-11-21)32-16-14-31(15-17-32)25-23-19-28-33(22-12-5-2-6-13-22)26(23)30-24(29-25)18-20-8-3-1-4-9-20/h1-6,8-9,12-13,19,21H,7,10-11,14-18H2. The van der Waals surface area contributed by atoms with E-state index in [1.165, 1.54) is 12.0 Å². The first-order valence-electron chi connectivity index (χ1n) is 12.1. The van der Waals surface area contributed by atoms with E-state index in [1.54, 1.807) is 0 Å². The van der Waals surface area contributed by atoms with Gasteiger partial charge in [-0.2, -0.15) is 5.10 Å². The van der Waals surface area contributed by atoms with Crippen LogP contribution in [0.1, 0.15) is 30.7 Å². The predicted molar refractivity (Wildman–Crippen MR) is 132 cm³/mol. The number of hydrogen-bond acceptors (Lipinski definition) is 5. The van der Waals surface area contributed by atoms with Crippen molar-refractivity contribution in [2.45, 2.75) is 25.7 Å². The van der Waals surface area contributed by atoms with Gasteiger partial charge in [-0.3, -0.25) is 4.79 Å². The van der Waals surface area contributed by atoms with Crippen molar-refractivity contribution >= 4 is 22.8 Å². The summed E-state index contributed by atoms with van der Waals surface area (Å²) in [6, 6.07) is 20.4. The summed E-state index contributed by atoms with van der Waals surface area (Å²) in [7, 11) is 0. The van der Waals surface area contributed by atoms with Crippen molar-refractivity contribution in [3.8, 4) is 5.69 Å². The van der Waals surface area contributed by atoms with E-state index in [-0.39, 0.29) is 5.92 Å². The zero-order valence-electron chi connectivity index (χ0n) is 19.2. The molecule has 1 amide bonds. The van der Waals surface area contributed by atoms with Gasteiger partial charge in [-0.25, -0.2) is 14.6 Å². The molecule has 1 aliphatic heterocycles. The molecule has 2 aromatic carbocycles. The van der Waals surface area contributed by atoms with Gasteiger partial charge in [0.15, 0.2) is 5.65 Å². The Labute approximate surface area is 199 Å². The first kappa shape index (κ1) is 20.8. The second-order valence-corrected chi connectivity index (χ2v) is 9.20. The van der Waals surface area contributed by atoms with E-state index >= 15 is 0 Å². The van der Waals surface area contributed by atoms with Gasteiger partial charge in [0, 0.05) is 38.5 Å². The minimum absolute atomic E-state index is 0.249. The molecule has 7 heteroatoms. The maximum atomic E-state index is 12.7. The van der Waals surface area contributed by atoms with Crippen LogP contribution in [-0.2, 0) is 11.2 Å². The molecule has 0 N–H and O–H groups in total. The average molecular weight is 453 g/mol. The zero-order valence-corrected chi connectivity index (χ0v) is 19.2. The van der Waals surface area contributed by atoms with Gasteiger partial charge in [0.05, 0.1) is 17.3 Å². The number of aromatic nitrogens is 4. The number of fused-ring (bicyclic) bond motifs is 1. The Kier molecular flexibility index (Phi) is 5.45. The Morgan fingerprint density at radius 2 is 1.59 bits per heavy atom. The maximum Gasteiger partial charge on any atom is 0.225 e. The maximum absolute atomic E-state index is 12.7. The van der Waals surface area contributed by atoms with E-state index in [9.17, 15) is 4.79 Å². The molecule has 1 saturated heterocycles. The van der Waals surface area contributed by atoms with Crippen molar-refractivity contribution in [2.24, 2.45) is 5.92 Å². The summed E-state index contributed by atoms with van der Waals surface area (Å²) in [4.78, 5) is 27.0. The van der Waals surface area contributed by atoms with Crippen molar-refractivity contribution in [3.05, 3.63) is 78.2 Å². The highest BCUT2D eigenvalue weighted by molar-refractivity contribution is 5.88. The van der Waals surface area contributed by atoms with Crippen molar-refractivity contribution in [1.29, 1.82) is 0 Å². The number of nitrogens with zero attached hydrogens (tertiary/aromatic N) is 6. The number of piperazine rings is 1. The molecule has 172 valence electrons. The molecule has 2 aliphatic rings. The molecule has 0 unspecified atom stereocenters. The van der Waals surface area contributed by atoms with Crippen molar-refractivity contribution in [1.82, 2.24) is 24.6 Å². The van der Waals surface area contributed by atoms with E-state index in [0.717, 1.165) is 67.4 Å². The normalized spacial score (nSPS) is 16.6. The summed E-state index contributed by atoms with van der Waals surface area (Å²) in [5.41, 5.74) is 2.97. The molecule has 6 rings (SSSR count). The molecule has 1 aliphatic carbocycles. The van der Waals surface area contributed by atoms with Crippen molar-refractivity contribution in [2.75, 3.05) is 31.1 Å². The molecule has 2 aromatic heterocycles. The van der Waals surface area contributed by atoms with E-state index in [0.29, 0.717) is 12.3 Å². The average Bonchev–Trinajstić information content (AvgIpc) is 3.28. The van der Waals surface area contributed by atoms with Gasteiger partial charge in [-0.15, -0.1) is 0 Å². The minimum atomic E-state index is 0.249. The Bertz CT molecular complexity index is 1290. The topological polar surface area (TPSA) is 67.2 Å². The highest BCUT2D eigenvalue weighted by Crippen LogP contribution is 2.30. The fraction of sp³-hybridized carbons (Fsp3) is 0.333. The van der Waals surface area contributed by atoms with Gasteiger partial charge in [0.25, 0.3) is 0 Å². The monoisotopic (exact) mass is 452 g/mol. The lowest BCUT2D eigenvalue weighted by atomic mass is 9.84. The van der Waals surface area contributed by atoms with Crippen LogP contribution < -0.4 is 4.90 Å². The number of anilines is 1. The molecule has 0 spiro atoms. The number of rotatable bonds is 5. The van der Waals surface area contributed by atoms with Gasteiger partial charge in [0.1, 0.15) is 11.6 Å². The van der Waals surface area contributed by atoms with Crippen molar-refractivity contribution < 1.29 is 4.79 Å². The van der Waals surface area contributed by atoms with E-state index in [1.807, 2.05) is 64.3 Å². The summed E-state index contributed by atoms with van der Waals surface area (Å²) in [5.74, 6) is 2.27. The van der Waals surface area contributed by atoms with Gasteiger partial charge in [-0.1, -0.05) is 55.0 Å². The number of benzene rings is 2. The van der Waals surface area contributed by atoms with Crippen LogP contribution in [0.4, 0.5) is 5.82 Å². The van der Waals surface area contributed by atoms with Gasteiger partial charge in [-0.05, 0) is 30.5 Å². The fourth-order valence-corrected chi connectivity index (χ4v) is 4.85. The van der Waals surface area contributed by atoms with Crippen LogP contribution in [0.5, 0.6) is 0 Å². The van der Waals surface area contributed by atoms with Crippen LogP contribution in [-0.4, -0.2) is 56.7 Å². The third kappa shape index (κ3) is 3.91. The zero-order chi connectivity index (χ0) is 22.9. The molecular formula is C27H28N6O. The third-order valence-corrected chi connectivity index (χ3v) is 7.01. The van der Waals surface area contributed by atoms with Crippen LogP contribution in [0.25, 0.3) is 16.7 Å². The summed E-state index contributed by atoms with van der Waals surface area (Å²) >= 11 is 0. The molecule has 34 heavy (non-hydrogen) atoms. The predicted octanol–water partition coefficient (Wildman–Crippen LogP) is 3.86. The Morgan fingerprint density at radius 1 is 0.882 bits per heavy atom. The van der Waals surface area contributed by atoms with Gasteiger partial charge in [0.2, 0.25) is 5.91 Å². The van der Waals surface area contributed by atoms with E-state index < -0.39 is 0 Å². The van der Waals surface area contributed by atoms with Gasteiger partial charge >= 0.3 is 0 Å². The summed E-state index contributed by atoms with van der Waals surface area (Å²) < 4.78 is 1.89. The number of carbonyl (C=O) groups excluding carboxylic acids is 1. The minimum Gasteiger partial charge on any atom is -0.352 e. The highest BCUT2D eigenvalue weighted by Gasteiger charge is 2.32. The summed E-state index contributed by atoms with van der Waals surface area (Å²) in [6.07, 6.45) is 5.81. The quantitative estimate of drug-likeness (QED) is 0.460. The van der Waals surface area contributed by atoms with Crippen LogP contribution in [0, 0.1) is 5.92 Å². The smallest absolute Gasteiger partial charge is 0.225 e. The molecule has 0 radical (unpaired) electrons. The SMILES string of the molecule is O=C(C1CCC1)N1CCN(c2nc(Cc3ccccc3)nc3c2cnn3-c2ccccc2)CC1. The first-order valence-corrected chi connectivity index (χ1v) is 12.1. The lowest BCUT2D eigenvalue weighted by molar-refractivity contribution is -0.138. The number of amides is 1. The van der Waals surface area contributed by atoms with Crippen LogP contribution in [0.2, 0.25) is 0 Å². The molecule has 0 bridgehead atoms. The lowest BCUT2D eigenvalue weighted by Gasteiger charge is -2.38. The van der Waals surface area contributed by atoms with E-state index in [4.69, 9.17) is 9.97 Å². The Balaban J connectivity index is 1.34. The van der Waals surface area contributed by atoms with Crippen LogP contribution >= 0.6 is 0 Å². The molecule has 7 nitrogen and oxygen atoms in total. The van der Waals surface area contributed by atoms with E-state index in [2.05, 4.69) is 22.1 Å². The summed E-state index contributed by atoms with van der Waals surface area (Å²) in [6.45, 7) is 3.01. The lowest BCUT2D eigenvalue weighted by Crippen LogP contribution is -2.51. The Hall–Kier alpha value is -3.74. The Morgan fingerprint density at radius 3 is 2.26 bits per heavy atom. The molecule has 2 fully saturated rings. The molecule has 4 aromatic rings. The van der Waals surface area contributed by atoms with Crippen LogP contribution in [0.3, 0.4) is 0 Å². The number of carbonyl (C=O) groups is 1. The molecule has 1 saturated carbocycles. The molecule has 0 atom stereocenters. The highest BCUT2D eigenvalue weighted by atomic mass is 16.2. The van der Waals surface area contributed by atoms with Crippen molar-refractivity contribution in [3.63, 3.8) is 0 Å². The summed E-state index contributed by atoms with van der Waals surface area (Å²) in [5, 5.41) is 5.62. The number of para-hydroxylation sites is 1. The molecular weight excluding hydrogens is 424 g/mol. The second kappa shape index (κ2) is 8.89. The second-order valence-electron chi connectivity index (χ2n) is 9.20. The largest absolute Gasteiger partial charge is 0.352 e. The van der Waals surface area contributed by atoms with Crippen LogP contribution in [0.15, 0.2) is 66.9 Å². The first-order chi connectivity index (χ1) is 16.8. The molecule has 3 heterocycles. The van der Waals surface area contributed by atoms with Gasteiger partial charge < -0.3 is 9.80 Å². The third-order valence-electron chi connectivity index (χ3n) is 7.01.